The molecular formula is C20H16N2O3. The Hall–Kier alpha value is -3.08. The lowest BCUT2D eigenvalue weighted by atomic mass is 9.83. The van der Waals surface area contributed by atoms with Crippen molar-refractivity contribution >= 4 is 28.3 Å². The molecule has 1 N–H and O–H groups in total. The Morgan fingerprint density at radius 1 is 1.00 bits per heavy atom. The number of hydrogen-bond acceptors (Lipinski definition) is 4. The molecule has 0 aliphatic heterocycles. The minimum absolute atomic E-state index is 0.0284. The Balaban J connectivity index is 1.90. The van der Waals surface area contributed by atoms with Gasteiger partial charge < -0.3 is 0 Å². The van der Waals surface area contributed by atoms with Crippen LogP contribution in [0.2, 0.25) is 0 Å². The van der Waals surface area contributed by atoms with Crippen LogP contribution >= 0.6 is 0 Å². The summed E-state index contributed by atoms with van der Waals surface area (Å²) in [5.41, 5.74) is 2.22. The molecule has 25 heavy (non-hydrogen) atoms. The Bertz CT molecular complexity index is 1050. The number of carbonyl (C=O) groups excluding carboxylic acids is 3. The highest BCUT2D eigenvalue weighted by Gasteiger charge is 2.32. The van der Waals surface area contributed by atoms with E-state index >= 15 is 0 Å². The van der Waals surface area contributed by atoms with Crippen molar-refractivity contribution in [3.8, 4) is 0 Å². The van der Waals surface area contributed by atoms with Crippen LogP contribution in [0, 0.1) is 0 Å². The molecule has 0 fully saturated rings. The zero-order valence-electron chi connectivity index (χ0n) is 13.8. The molecule has 0 atom stereocenters. The number of Topliss-reactive ketones (excluding diaryl/α,β-unsaturated/α-hetero) is 1. The lowest BCUT2D eigenvalue weighted by molar-refractivity contribution is 0.0975. The number of nitrogens with zero attached hydrogens (tertiary/aromatic N) is 1. The van der Waals surface area contributed by atoms with Crippen molar-refractivity contribution in [2.75, 3.05) is 0 Å². The third-order valence-electron chi connectivity index (χ3n) is 4.65. The van der Waals surface area contributed by atoms with Crippen LogP contribution in [0.5, 0.6) is 0 Å². The zero-order valence-corrected chi connectivity index (χ0v) is 13.8. The first-order chi connectivity index (χ1) is 12.1. The zero-order chi connectivity index (χ0) is 17.6. The number of ketones is 3. The van der Waals surface area contributed by atoms with Gasteiger partial charge in [0.25, 0.3) is 0 Å². The van der Waals surface area contributed by atoms with Crippen molar-refractivity contribution in [2.24, 2.45) is 0 Å². The number of aromatic nitrogens is 2. The molecule has 4 rings (SSSR count). The fraction of sp³-hybridized carbons (Fsp3) is 0.200. The Morgan fingerprint density at radius 2 is 1.72 bits per heavy atom. The van der Waals surface area contributed by atoms with Crippen LogP contribution in [0.3, 0.4) is 0 Å². The first-order valence-electron chi connectivity index (χ1n) is 8.36. The average Bonchev–Trinajstić information content (AvgIpc) is 3.07. The molecule has 1 heterocycles. The second-order valence-corrected chi connectivity index (χ2v) is 6.21. The third-order valence-corrected chi connectivity index (χ3v) is 4.65. The van der Waals surface area contributed by atoms with Crippen LogP contribution in [-0.4, -0.2) is 27.5 Å². The first-order valence-corrected chi connectivity index (χ1v) is 8.36. The van der Waals surface area contributed by atoms with Crippen LogP contribution in [0.1, 0.15) is 68.5 Å². The van der Waals surface area contributed by atoms with Crippen LogP contribution in [0.25, 0.3) is 10.9 Å². The summed E-state index contributed by atoms with van der Waals surface area (Å²) in [5, 5.41) is 7.57. The molecule has 0 amide bonds. The highest BCUT2D eigenvalue weighted by Crippen LogP contribution is 2.32. The summed E-state index contributed by atoms with van der Waals surface area (Å²) in [7, 11) is 0. The highest BCUT2D eigenvalue weighted by atomic mass is 16.1. The van der Waals surface area contributed by atoms with Gasteiger partial charge in [-0.2, -0.15) is 5.10 Å². The van der Waals surface area contributed by atoms with Crippen LogP contribution in [0.4, 0.5) is 0 Å². The van der Waals surface area contributed by atoms with Gasteiger partial charge in [-0.05, 0) is 18.6 Å². The van der Waals surface area contributed by atoms with Gasteiger partial charge in [0.1, 0.15) is 11.2 Å². The maximum Gasteiger partial charge on any atom is 0.196 e. The van der Waals surface area contributed by atoms with Crippen LogP contribution < -0.4 is 0 Å². The number of carbonyl (C=O) groups is 3. The average molecular weight is 332 g/mol. The first kappa shape index (κ1) is 15.4. The molecule has 3 aromatic rings. The third kappa shape index (κ3) is 2.23. The quantitative estimate of drug-likeness (QED) is 0.578. The normalized spacial score (nSPS) is 13.0. The summed E-state index contributed by atoms with van der Waals surface area (Å²) < 4.78 is 0. The Kier molecular flexibility index (Phi) is 3.57. The highest BCUT2D eigenvalue weighted by molar-refractivity contribution is 6.32. The fourth-order valence-electron chi connectivity index (χ4n) is 3.33. The molecule has 1 aromatic heterocycles. The van der Waals surface area contributed by atoms with Crippen LogP contribution in [0.15, 0.2) is 36.4 Å². The predicted molar refractivity (Wildman–Crippen MR) is 93.3 cm³/mol. The van der Waals surface area contributed by atoms with Gasteiger partial charge >= 0.3 is 0 Å². The van der Waals surface area contributed by atoms with E-state index in [1.54, 1.807) is 36.4 Å². The van der Waals surface area contributed by atoms with E-state index in [9.17, 15) is 14.4 Å². The predicted octanol–water partition coefficient (Wildman–Crippen LogP) is 3.71. The summed E-state index contributed by atoms with van der Waals surface area (Å²) in [6.45, 7) is 2.02. The number of nitrogens with one attached hydrogen (secondary N) is 1. The van der Waals surface area contributed by atoms with Crippen molar-refractivity contribution in [2.45, 2.75) is 26.2 Å². The Morgan fingerprint density at radius 3 is 2.44 bits per heavy atom. The number of fused-ring (bicyclic) bond motifs is 4. The van der Waals surface area contributed by atoms with E-state index in [2.05, 4.69) is 10.2 Å². The van der Waals surface area contributed by atoms with Gasteiger partial charge in [0.15, 0.2) is 17.3 Å². The minimum atomic E-state index is -0.227. The maximum atomic E-state index is 12.9. The Labute approximate surface area is 144 Å². The van der Waals surface area contributed by atoms with E-state index in [1.165, 1.54) is 0 Å². The van der Waals surface area contributed by atoms with Crippen molar-refractivity contribution < 1.29 is 14.4 Å². The molecule has 5 heteroatoms. The number of rotatable bonds is 4. The molecule has 0 unspecified atom stereocenters. The molecule has 124 valence electrons. The van der Waals surface area contributed by atoms with Gasteiger partial charge in [-0.1, -0.05) is 37.6 Å². The number of aromatic amines is 1. The van der Waals surface area contributed by atoms with Gasteiger partial charge in [0, 0.05) is 28.5 Å². The van der Waals surface area contributed by atoms with Gasteiger partial charge in [0.2, 0.25) is 0 Å². The standard InChI is InChI=1S/C20H16N2O3/c1-2-3-8-15(23)17-14-10-9-13-16(18(14)22-21-17)20(25)12-7-5-4-6-11(12)19(13)24/h4-7,9-10H,2-3,8H2,1H3,(H,21,22). The molecule has 5 nitrogen and oxygen atoms in total. The molecule has 0 saturated carbocycles. The summed E-state index contributed by atoms with van der Waals surface area (Å²) in [6.07, 6.45) is 2.16. The molecule has 1 aliphatic carbocycles. The van der Waals surface area contributed by atoms with E-state index in [0.29, 0.717) is 39.7 Å². The molecule has 0 saturated heterocycles. The lowest BCUT2D eigenvalue weighted by Gasteiger charge is -2.17. The molecular weight excluding hydrogens is 316 g/mol. The van der Waals surface area contributed by atoms with Gasteiger partial charge in [0.05, 0.1) is 5.56 Å². The summed E-state index contributed by atoms with van der Waals surface area (Å²) in [5.74, 6) is -0.442. The van der Waals surface area contributed by atoms with E-state index in [-0.39, 0.29) is 22.9 Å². The number of H-pyrrole nitrogens is 1. The largest absolute Gasteiger partial charge is 0.292 e. The number of hydrogen-bond donors (Lipinski definition) is 1. The molecule has 0 radical (unpaired) electrons. The molecule has 0 spiro atoms. The van der Waals surface area contributed by atoms with E-state index < -0.39 is 0 Å². The number of benzene rings is 2. The molecule has 2 aromatic carbocycles. The van der Waals surface area contributed by atoms with E-state index in [4.69, 9.17) is 0 Å². The van der Waals surface area contributed by atoms with Crippen molar-refractivity contribution in [1.29, 1.82) is 0 Å². The SMILES string of the molecule is CCCCC(=O)c1[nH]nc2c3c(ccc12)C(=O)c1ccccc1C3=O. The van der Waals surface area contributed by atoms with Gasteiger partial charge in [-0.3, -0.25) is 19.5 Å². The van der Waals surface area contributed by atoms with Crippen molar-refractivity contribution in [1.82, 2.24) is 10.2 Å². The summed E-state index contributed by atoms with van der Waals surface area (Å²) in [6, 6.07) is 10.1. The van der Waals surface area contributed by atoms with E-state index in [1.807, 2.05) is 6.92 Å². The maximum absolute atomic E-state index is 12.9. The minimum Gasteiger partial charge on any atom is -0.292 e. The summed E-state index contributed by atoms with van der Waals surface area (Å²) in [4.78, 5) is 38.0. The van der Waals surface area contributed by atoms with Gasteiger partial charge in [-0.15, -0.1) is 0 Å². The second-order valence-electron chi connectivity index (χ2n) is 6.21. The topological polar surface area (TPSA) is 79.9 Å². The lowest BCUT2D eigenvalue weighted by Crippen LogP contribution is -2.21. The van der Waals surface area contributed by atoms with Crippen molar-refractivity contribution in [3.63, 3.8) is 0 Å². The van der Waals surface area contributed by atoms with E-state index in [0.717, 1.165) is 12.8 Å². The van der Waals surface area contributed by atoms with Gasteiger partial charge in [-0.25, -0.2) is 0 Å². The molecule has 0 bridgehead atoms. The fourth-order valence-corrected chi connectivity index (χ4v) is 3.33. The van der Waals surface area contributed by atoms with Crippen molar-refractivity contribution in [3.05, 3.63) is 64.3 Å². The van der Waals surface area contributed by atoms with Crippen LogP contribution in [-0.2, 0) is 0 Å². The number of unbranched alkanes of at least 4 members (excludes halogenated alkanes) is 1. The summed E-state index contributed by atoms with van der Waals surface area (Å²) >= 11 is 0. The second kappa shape index (κ2) is 5.77. The monoisotopic (exact) mass is 332 g/mol. The molecule has 1 aliphatic rings. The smallest absolute Gasteiger partial charge is 0.196 e.